The maximum absolute atomic E-state index is 12.1. The van der Waals surface area contributed by atoms with Crippen molar-refractivity contribution < 1.29 is 14.3 Å². The highest BCUT2D eigenvalue weighted by Crippen LogP contribution is 2.49. The monoisotopic (exact) mass is 402 g/mol. The van der Waals surface area contributed by atoms with E-state index in [4.69, 9.17) is 4.74 Å². The highest BCUT2D eigenvalue weighted by atomic mass is 32.1. The number of aromatic amines is 1. The molecule has 1 fully saturated rings. The lowest BCUT2D eigenvalue weighted by atomic mass is 9.68. The molecule has 4 rings (SSSR count). The lowest BCUT2D eigenvalue weighted by molar-refractivity contribution is -0.126. The van der Waals surface area contributed by atoms with Gasteiger partial charge in [0.15, 0.2) is 0 Å². The highest BCUT2D eigenvalue weighted by molar-refractivity contribution is 7.78. The molecule has 1 aliphatic carbocycles. The van der Waals surface area contributed by atoms with E-state index in [-0.39, 0.29) is 12.0 Å². The van der Waals surface area contributed by atoms with Gasteiger partial charge < -0.3 is 9.72 Å². The van der Waals surface area contributed by atoms with Gasteiger partial charge in [0.25, 0.3) is 0 Å². The van der Waals surface area contributed by atoms with Crippen LogP contribution in [0.5, 0.6) is 0 Å². The first-order chi connectivity index (χ1) is 13.4. The number of hydrogen-bond acceptors (Lipinski definition) is 5. The average Bonchev–Trinajstić information content (AvgIpc) is 3.06. The molecular weight excluding hydrogens is 376 g/mol. The quantitative estimate of drug-likeness (QED) is 0.689. The predicted octanol–water partition coefficient (Wildman–Crippen LogP) is 2.29. The number of nitrogens with zero attached hydrogens (tertiary/aromatic N) is 2. The van der Waals surface area contributed by atoms with E-state index in [0.29, 0.717) is 6.54 Å². The maximum atomic E-state index is 12.1. The molecule has 1 unspecified atom stereocenters. The Hall–Kier alpha value is -2.03. The van der Waals surface area contributed by atoms with Crippen molar-refractivity contribution in [2.24, 2.45) is 5.92 Å². The summed E-state index contributed by atoms with van der Waals surface area (Å²) in [6.07, 6.45) is 3.81. The van der Waals surface area contributed by atoms with Crippen LogP contribution in [0.15, 0.2) is 24.4 Å². The first kappa shape index (κ1) is 19.3. The van der Waals surface area contributed by atoms with Crippen molar-refractivity contribution in [2.75, 3.05) is 27.2 Å². The number of ether oxygens (including phenoxy) is 1. The molecule has 1 aromatic carbocycles. The smallest absolute Gasteiger partial charge is 0.333 e. The Bertz CT molecular complexity index is 929. The number of urea groups is 1. The molecule has 1 saturated heterocycles. The molecule has 1 aliphatic heterocycles. The zero-order chi connectivity index (χ0) is 20.1. The molecule has 0 spiro atoms. The zero-order valence-electron chi connectivity index (χ0n) is 16.4. The number of nitrogens with one attached hydrogen (secondary N) is 2. The third-order valence-corrected chi connectivity index (χ3v) is 6.52. The summed E-state index contributed by atoms with van der Waals surface area (Å²) in [6, 6.07) is 6.05. The van der Waals surface area contributed by atoms with Gasteiger partial charge in [-0.05, 0) is 43.0 Å². The maximum Gasteiger partial charge on any atom is 0.333 e. The Balaban J connectivity index is 1.66. The van der Waals surface area contributed by atoms with Crippen molar-refractivity contribution in [3.63, 3.8) is 0 Å². The van der Waals surface area contributed by atoms with E-state index in [1.807, 2.05) is 0 Å². The van der Waals surface area contributed by atoms with E-state index in [9.17, 15) is 9.59 Å². The van der Waals surface area contributed by atoms with Crippen LogP contribution < -0.4 is 5.32 Å². The second-order valence-electron chi connectivity index (χ2n) is 7.93. The van der Waals surface area contributed by atoms with Crippen molar-refractivity contribution in [2.45, 2.75) is 31.4 Å². The number of piperidine rings is 1. The van der Waals surface area contributed by atoms with Crippen LogP contribution in [0.4, 0.5) is 4.79 Å². The molecule has 28 heavy (non-hydrogen) atoms. The predicted molar refractivity (Wildman–Crippen MR) is 110 cm³/mol. The van der Waals surface area contributed by atoms with Gasteiger partial charge in [0.2, 0.25) is 5.91 Å². The highest BCUT2D eigenvalue weighted by Gasteiger charge is 2.51. The summed E-state index contributed by atoms with van der Waals surface area (Å²) in [5.41, 5.74) is 3.21. The lowest BCUT2D eigenvalue weighted by Gasteiger charge is -2.53. The topological polar surface area (TPSA) is 77.7 Å². The number of amides is 3. The third-order valence-electron chi connectivity index (χ3n) is 6.18. The molecule has 8 heteroatoms. The number of methoxy groups -OCH3 is 1. The third kappa shape index (κ3) is 3.00. The molecule has 2 heterocycles. The number of fused-ring (bicyclic) bond motifs is 2. The van der Waals surface area contributed by atoms with Crippen LogP contribution in [0, 0.1) is 5.92 Å². The number of likely N-dealkylation sites (tertiary alicyclic amines) is 1. The summed E-state index contributed by atoms with van der Waals surface area (Å²) in [7, 11) is 3.89. The molecule has 2 N–H and O–H groups in total. The van der Waals surface area contributed by atoms with E-state index < -0.39 is 17.5 Å². The van der Waals surface area contributed by atoms with Gasteiger partial charge in [-0.2, -0.15) is 0 Å². The second-order valence-corrected chi connectivity index (χ2v) is 8.42. The van der Waals surface area contributed by atoms with Gasteiger partial charge in [0.05, 0.1) is 0 Å². The summed E-state index contributed by atoms with van der Waals surface area (Å²) >= 11 is 4.30. The fraction of sp³-hybridized carbons (Fsp3) is 0.500. The number of carbonyl (C=O) groups excluding carboxylic acids is 2. The number of rotatable bonds is 3. The van der Waals surface area contributed by atoms with Crippen molar-refractivity contribution in [3.05, 3.63) is 35.5 Å². The number of benzene rings is 1. The van der Waals surface area contributed by atoms with Gasteiger partial charge in [-0.15, -0.1) is 0 Å². The molecule has 0 bridgehead atoms. The Kier molecular flexibility index (Phi) is 4.89. The Labute approximate surface area is 169 Å². The molecule has 2 aromatic rings. The molecular formula is C20H26N4O3S. The average molecular weight is 403 g/mol. The van der Waals surface area contributed by atoms with Gasteiger partial charge in [-0.25, -0.2) is 4.79 Å². The molecule has 2 aliphatic rings. The summed E-state index contributed by atoms with van der Waals surface area (Å²) in [5, 5.41) is 3.53. The number of imide groups is 1. The molecule has 0 saturated carbocycles. The van der Waals surface area contributed by atoms with Crippen LogP contribution in [0.2, 0.25) is 0 Å². The van der Waals surface area contributed by atoms with Crippen LogP contribution in [0.25, 0.3) is 10.9 Å². The Morgan fingerprint density at radius 3 is 2.96 bits per heavy atom. The van der Waals surface area contributed by atoms with Crippen LogP contribution in [-0.4, -0.2) is 59.4 Å². The van der Waals surface area contributed by atoms with E-state index in [0.717, 1.165) is 24.9 Å². The standard InChI is InChI=1S/C20H26N4O3S/c1-12(25)22-19(26)24(28)11-13-8-20(27-3)15-5-4-6-16-18(15)14(9-21-16)7-17(20)23(2)10-13/h4-6,9,13,17,21,28H,7-8,10-11H2,1-3H3,(H,22,25,26)/t13?,17-,20+/m1/s1. The second kappa shape index (κ2) is 7.09. The number of likely N-dealkylation sites (N-methyl/N-ethyl adjacent to an activating group) is 1. The molecule has 3 atom stereocenters. The summed E-state index contributed by atoms with van der Waals surface area (Å²) in [5.74, 6) is -0.232. The Morgan fingerprint density at radius 1 is 1.46 bits per heavy atom. The van der Waals surface area contributed by atoms with E-state index in [1.54, 1.807) is 7.11 Å². The van der Waals surface area contributed by atoms with E-state index in [2.05, 4.69) is 59.5 Å². The summed E-state index contributed by atoms with van der Waals surface area (Å²) in [4.78, 5) is 29.0. The van der Waals surface area contributed by atoms with Crippen molar-refractivity contribution in [3.8, 4) is 0 Å². The molecule has 150 valence electrons. The summed E-state index contributed by atoms with van der Waals surface area (Å²) < 4.78 is 7.54. The number of carbonyl (C=O) groups is 2. The van der Waals surface area contributed by atoms with Crippen LogP contribution in [0.1, 0.15) is 24.5 Å². The van der Waals surface area contributed by atoms with Gasteiger partial charge in [-0.1, -0.05) is 24.9 Å². The number of aromatic nitrogens is 1. The Morgan fingerprint density at radius 2 is 2.25 bits per heavy atom. The van der Waals surface area contributed by atoms with Gasteiger partial charge in [-0.3, -0.25) is 19.3 Å². The zero-order valence-corrected chi connectivity index (χ0v) is 17.3. The minimum Gasteiger partial charge on any atom is -0.372 e. The van der Waals surface area contributed by atoms with Crippen molar-refractivity contribution in [1.82, 2.24) is 19.5 Å². The molecule has 1 aromatic heterocycles. The summed E-state index contributed by atoms with van der Waals surface area (Å²) in [6.45, 7) is 2.58. The van der Waals surface area contributed by atoms with Gasteiger partial charge >= 0.3 is 6.03 Å². The lowest BCUT2D eigenvalue weighted by Crippen LogP contribution is -2.60. The number of hydrogen-bond donors (Lipinski definition) is 3. The molecule has 0 radical (unpaired) electrons. The fourth-order valence-corrected chi connectivity index (χ4v) is 5.38. The fourth-order valence-electron chi connectivity index (χ4n) is 5.10. The molecule has 3 amide bonds. The van der Waals surface area contributed by atoms with Gasteiger partial charge in [0.1, 0.15) is 5.60 Å². The minimum absolute atomic E-state index is 0.159. The van der Waals surface area contributed by atoms with Crippen molar-refractivity contribution >= 4 is 35.7 Å². The normalized spacial score (nSPS) is 26.7. The number of thiol groups is 1. The van der Waals surface area contributed by atoms with Crippen LogP contribution in [0.3, 0.4) is 0 Å². The van der Waals surface area contributed by atoms with Gasteiger partial charge in [0, 0.05) is 50.3 Å². The first-order valence-electron chi connectivity index (χ1n) is 9.48. The SMILES string of the molecule is CO[C@]12CC(CN(S)C(=O)NC(C)=O)CN(C)[C@@H]1Cc1c[nH]c3cccc2c13. The van der Waals surface area contributed by atoms with E-state index >= 15 is 0 Å². The van der Waals surface area contributed by atoms with Crippen LogP contribution >= 0.6 is 12.8 Å². The van der Waals surface area contributed by atoms with Crippen LogP contribution in [-0.2, 0) is 21.6 Å². The number of H-pyrrole nitrogens is 1. The first-order valence-corrected chi connectivity index (χ1v) is 9.88. The van der Waals surface area contributed by atoms with Crippen molar-refractivity contribution in [1.29, 1.82) is 0 Å². The largest absolute Gasteiger partial charge is 0.372 e. The van der Waals surface area contributed by atoms with E-state index in [1.165, 1.54) is 27.7 Å². The minimum atomic E-state index is -0.495. The molecule has 7 nitrogen and oxygen atoms in total.